The molecule has 0 aliphatic carbocycles. The minimum absolute atomic E-state index is 1.11. The molecule has 0 unspecified atom stereocenters. The van der Waals surface area contributed by atoms with Gasteiger partial charge in [-0.15, -0.1) is 0 Å². The Hall–Kier alpha value is -1.56. The van der Waals surface area contributed by atoms with Crippen molar-refractivity contribution in [3.8, 4) is 11.1 Å². The largest absolute Gasteiger partial charge is 0.0683 e. The molecule has 2 rings (SSSR count). The summed E-state index contributed by atoms with van der Waals surface area (Å²) in [7, 11) is 0. The second-order valence-electron chi connectivity index (χ2n) is 7.04. The van der Waals surface area contributed by atoms with E-state index in [1.807, 2.05) is 13.8 Å². The summed E-state index contributed by atoms with van der Waals surface area (Å²) < 4.78 is 0. The second-order valence-corrected chi connectivity index (χ2v) is 7.04. The van der Waals surface area contributed by atoms with Crippen molar-refractivity contribution in [1.29, 1.82) is 0 Å². The molecule has 0 aliphatic heterocycles. The van der Waals surface area contributed by atoms with Crippen molar-refractivity contribution < 1.29 is 0 Å². The monoisotopic (exact) mass is 368 g/mol. The van der Waals surface area contributed by atoms with Crippen LogP contribution in [0.5, 0.6) is 0 Å². The molecule has 0 saturated carbocycles. The molecule has 0 N–H and O–H groups in total. The average Bonchev–Trinajstić information content (AvgIpc) is 2.73. The minimum Gasteiger partial charge on any atom is -0.0683 e. The number of aryl methyl sites for hydroxylation is 2. The number of rotatable bonds is 9. The third-order valence-corrected chi connectivity index (χ3v) is 4.70. The van der Waals surface area contributed by atoms with Crippen molar-refractivity contribution in [1.82, 2.24) is 0 Å². The van der Waals surface area contributed by atoms with Gasteiger partial charge in [0.1, 0.15) is 0 Å². The molecule has 152 valence electrons. The smallest absolute Gasteiger partial charge is 0.0184 e. The lowest BCUT2D eigenvalue weighted by Gasteiger charge is -2.03. The fraction of sp³-hybridized carbons (Fsp3) is 0.556. The Morgan fingerprint density at radius 2 is 0.889 bits per heavy atom. The molecule has 27 heavy (non-hydrogen) atoms. The quantitative estimate of drug-likeness (QED) is 0.387. The lowest BCUT2D eigenvalue weighted by molar-refractivity contribution is 0.585. The molecule has 0 bridgehead atoms. The van der Waals surface area contributed by atoms with Crippen molar-refractivity contribution in [2.45, 2.75) is 99.3 Å². The molecule has 0 nitrogen and oxygen atoms in total. The molecule has 2 aromatic carbocycles. The standard InChI is InChI=1S/C15H16.C10H22.C2H6/c1-3-13-6-10-15(11-7-13)14-8-4-12(2)5-9-14;1-3-5-7-9-10-8-6-4-2;1-2/h4-11H,3H2,1-2H3;3-10H2,1-2H3;1-2H3. The van der Waals surface area contributed by atoms with E-state index in [9.17, 15) is 0 Å². The van der Waals surface area contributed by atoms with Crippen LogP contribution in [0.1, 0.15) is 97.1 Å². The highest BCUT2D eigenvalue weighted by Gasteiger charge is 1.96. The fourth-order valence-corrected chi connectivity index (χ4v) is 2.89. The van der Waals surface area contributed by atoms with E-state index >= 15 is 0 Å². The van der Waals surface area contributed by atoms with Crippen molar-refractivity contribution in [2.24, 2.45) is 0 Å². The molecule has 0 atom stereocenters. The Morgan fingerprint density at radius 1 is 0.519 bits per heavy atom. The predicted octanol–water partition coefficient (Wildman–Crippen LogP) is 9.40. The van der Waals surface area contributed by atoms with Gasteiger partial charge < -0.3 is 0 Å². The first-order valence-corrected chi connectivity index (χ1v) is 11.4. The van der Waals surface area contributed by atoms with Gasteiger partial charge in [-0.25, -0.2) is 0 Å². The maximum absolute atomic E-state index is 2.27. The summed E-state index contributed by atoms with van der Waals surface area (Å²) in [6, 6.07) is 17.5. The van der Waals surface area contributed by atoms with Crippen LogP contribution in [0.25, 0.3) is 11.1 Å². The maximum Gasteiger partial charge on any atom is -0.0184 e. The molecule has 0 spiro atoms. The number of hydrogen-bond acceptors (Lipinski definition) is 0. The predicted molar refractivity (Wildman–Crippen MR) is 126 cm³/mol. The Bertz CT molecular complexity index is 525. The summed E-state index contributed by atoms with van der Waals surface area (Å²) >= 11 is 0. The van der Waals surface area contributed by atoms with Gasteiger partial charge in [-0.05, 0) is 30.0 Å². The summed E-state index contributed by atoms with van der Waals surface area (Å²) in [5, 5.41) is 0. The summed E-state index contributed by atoms with van der Waals surface area (Å²) in [6.07, 6.45) is 12.6. The van der Waals surface area contributed by atoms with E-state index in [1.165, 1.54) is 73.6 Å². The van der Waals surface area contributed by atoms with E-state index < -0.39 is 0 Å². The normalized spacial score (nSPS) is 9.70. The van der Waals surface area contributed by atoms with Crippen LogP contribution >= 0.6 is 0 Å². The molecule has 0 saturated heterocycles. The van der Waals surface area contributed by atoms with Crippen molar-refractivity contribution >= 4 is 0 Å². The van der Waals surface area contributed by atoms with Gasteiger partial charge in [0.15, 0.2) is 0 Å². The summed E-state index contributed by atoms with van der Waals surface area (Å²) in [5.41, 5.74) is 5.30. The molecular formula is C27H44. The molecule has 0 heteroatoms. The molecule has 0 radical (unpaired) electrons. The third kappa shape index (κ3) is 12.5. The minimum atomic E-state index is 1.11. The molecule has 0 aromatic heterocycles. The van der Waals surface area contributed by atoms with Gasteiger partial charge >= 0.3 is 0 Å². The molecular weight excluding hydrogens is 324 g/mol. The lowest BCUT2D eigenvalue weighted by atomic mass is 10.0. The van der Waals surface area contributed by atoms with Crippen molar-refractivity contribution in [3.63, 3.8) is 0 Å². The Labute approximate surface area is 170 Å². The van der Waals surface area contributed by atoms with E-state index in [0.717, 1.165) is 6.42 Å². The lowest BCUT2D eigenvalue weighted by Crippen LogP contribution is -1.81. The van der Waals surface area contributed by atoms with Gasteiger partial charge in [0, 0.05) is 0 Å². The van der Waals surface area contributed by atoms with E-state index in [0.29, 0.717) is 0 Å². The average molecular weight is 369 g/mol. The zero-order chi connectivity index (χ0) is 20.3. The fourth-order valence-electron chi connectivity index (χ4n) is 2.89. The zero-order valence-electron chi connectivity index (χ0n) is 19.0. The number of hydrogen-bond donors (Lipinski definition) is 0. The van der Waals surface area contributed by atoms with Crippen LogP contribution < -0.4 is 0 Å². The third-order valence-electron chi connectivity index (χ3n) is 4.70. The van der Waals surface area contributed by atoms with Gasteiger partial charge in [0.2, 0.25) is 0 Å². The van der Waals surface area contributed by atoms with Crippen LogP contribution in [-0.4, -0.2) is 0 Å². The first-order chi connectivity index (χ1) is 13.2. The Morgan fingerprint density at radius 3 is 1.26 bits per heavy atom. The summed E-state index contributed by atoms with van der Waals surface area (Å²) in [5.74, 6) is 0. The molecule has 0 heterocycles. The van der Waals surface area contributed by atoms with Crippen LogP contribution in [0, 0.1) is 6.92 Å². The van der Waals surface area contributed by atoms with E-state index in [2.05, 4.69) is 76.2 Å². The highest BCUT2D eigenvalue weighted by molar-refractivity contribution is 5.63. The SMILES string of the molecule is CC.CCCCCCCCCC.CCc1ccc(-c2ccc(C)cc2)cc1. The van der Waals surface area contributed by atoms with Gasteiger partial charge in [-0.3, -0.25) is 0 Å². The molecule has 0 fully saturated rings. The van der Waals surface area contributed by atoms with Crippen molar-refractivity contribution in [3.05, 3.63) is 59.7 Å². The van der Waals surface area contributed by atoms with Gasteiger partial charge in [0.05, 0.1) is 0 Å². The Kier molecular flexibility index (Phi) is 16.8. The van der Waals surface area contributed by atoms with Gasteiger partial charge in [-0.2, -0.15) is 0 Å². The highest BCUT2D eigenvalue weighted by atomic mass is 14.0. The van der Waals surface area contributed by atoms with Crippen LogP contribution in [0.3, 0.4) is 0 Å². The summed E-state index contributed by atoms with van der Waals surface area (Å²) in [4.78, 5) is 0. The highest BCUT2D eigenvalue weighted by Crippen LogP contribution is 2.20. The van der Waals surface area contributed by atoms with Crippen LogP contribution in [0.2, 0.25) is 0 Å². The van der Waals surface area contributed by atoms with E-state index in [-0.39, 0.29) is 0 Å². The second kappa shape index (κ2) is 17.8. The first kappa shape index (κ1) is 25.4. The number of benzene rings is 2. The van der Waals surface area contributed by atoms with Crippen molar-refractivity contribution in [2.75, 3.05) is 0 Å². The topological polar surface area (TPSA) is 0 Å². The first-order valence-electron chi connectivity index (χ1n) is 11.4. The maximum atomic E-state index is 2.27. The molecule has 0 aliphatic rings. The van der Waals surface area contributed by atoms with E-state index in [1.54, 1.807) is 0 Å². The van der Waals surface area contributed by atoms with Crippen LogP contribution in [0.4, 0.5) is 0 Å². The van der Waals surface area contributed by atoms with E-state index in [4.69, 9.17) is 0 Å². The summed E-state index contributed by atoms with van der Waals surface area (Å²) in [6.45, 7) is 12.8. The molecule has 2 aromatic rings. The van der Waals surface area contributed by atoms with Crippen LogP contribution in [-0.2, 0) is 6.42 Å². The number of unbranched alkanes of at least 4 members (excludes halogenated alkanes) is 7. The molecule has 0 amide bonds. The zero-order valence-corrected chi connectivity index (χ0v) is 19.0. The van der Waals surface area contributed by atoms with Gasteiger partial charge in [0.25, 0.3) is 0 Å². The van der Waals surface area contributed by atoms with Crippen LogP contribution in [0.15, 0.2) is 48.5 Å². The Balaban J connectivity index is 0.000000495. The van der Waals surface area contributed by atoms with Gasteiger partial charge in [-0.1, -0.05) is 140 Å².